The number of ketones is 2. The van der Waals surface area contributed by atoms with Gasteiger partial charge in [-0.05, 0) is 31.5 Å². The van der Waals surface area contributed by atoms with Gasteiger partial charge in [-0.1, -0.05) is 0 Å². The third-order valence-corrected chi connectivity index (χ3v) is 4.92. The van der Waals surface area contributed by atoms with Gasteiger partial charge in [-0.2, -0.15) is 0 Å². The molecular weight excluding hydrogens is 310 g/mol. The highest BCUT2D eigenvalue weighted by Gasteiger charge is 2.53. The van der Waals surface area contributed by atoms with Crippen LogP contribution in [-0.4, -0.2) is 46.7 Å². The van der Waals surface area contributed by atoms with Crippen molar-refractivity contribution < 1.29 is 19.1 Å². The van der Waals surface area contributed by atoms with Crippen molar-refractivity contribution in [3.63, 3.8) is 0 Å². The van der Waals surface area contributed by atoms with Gasteiger partial charge in [0.25, 0.3) is 5.91 Å². The number of amides is 1. The van der Waals surface area contributed by atoms with Crippen LogP contribution in [0.5, 0.6) is 0 Å². The number of Topliss-reactive ketones (excluding diaryl/α,β-unsaturated/α-hetero) is 2. The lowest BCUT2D eigenvalue weighted by molar-refractivity contribution is -0.138. The van der Waals surface area contributed by atoms with Gasteiger partial charge >= 0.3 is 0 Å². The molecule has 24 heavy (non-hydrogen) atoms. The molecular formula is C17H17N3O4. The lowest BCUT2D eigenvalue weighted by Gasteiger charge is -2.30. The largest absolute Gasteiger partial charge is 0.381 e. The zero-order valence-corrected chi connectivity index (χ0v) is 13.2. The van der Waals surface area contributed by atoms with Gasteiger partial charge in [-0.25, -0.2) is 4.98 Å². The highest BCUT2D eigenvalue weighted by molar-refractivity contribution is 6.48. The molecule has 0 aliphatic carbocycles. The second-order valence-corrected chi connectivity index (χ2v) is 6.35. The average molecular weight is 327 g/mol. The number of fused-ring (bicyclic) bond motifs is 1. The van der Waals surface area contributed by atoms with E-state index in [1.807, 2.05) is 0 Å². The molecule has 2 aromatic rings. The van der Waals surface area contributed by atoms with Crippen LogP contribution in [0, 0.1) is 11.8 Å². The highest BCUT2D eigenvalue weighted by atomic mass is 16.5. The summed E-state index contributed by atoms with van der Waals surface area (Å²) in [7, 11) is 0. The normalized spacial score (nSPS) is 27.4. The van der Waals surface area contributed by atoms with E-state index in [9.17, 15) is 14.4 Å². The van der Waals surface area contributed by atoms with E-state index in [1.54, 1.807) is 24.5 Å². The highest BCUT2D eigenvalue weighted by Crippen LogP contribution is 2.37. The molecule has 3 heterocycles. The molecule has 2 saturated heterocycles. The van der Waals surface area contributed by atoms with Crippen molar-refractivity contribution >= 4 is 34.2 Å². The molecule has 0 saturated carbocycles. The molecule has 0 spiro atoms. The number of ether oxygens (including phenoxy) is 1. The standard InChI is InChI=1S/C17H17N3O4/c1-9(21)14-15(10-4-5-24-7-10)20(17(23)16(14)22)11-2-3-12-13(6-11)19-8-18-12/h2-3,6,8,10,14-15H,4-5,7H2,1H3,(H,18,19). The van der Waals surface area contributed by atoms with Gasteiger partial charge in [-0.3, -0.25) is 14.4 Å². The number of imidazole rings is 1. The first-order chi connectivity index (χ1) is 11.6. The molecule has 0 bridgehead atoms. The van der Waals surface area contributed by atoms with Crippen LogP contribution in [0.25, 0.3) is 11.0 Å². The Morgan fingerprint density at radius 2 is 2.21 bits per heavy atom. The molecule has 4 rings (SSSR count). The van der Waals surface area contributed by atoms with Crippen molar-refractivity contribution in [1.29, 1.82) is 0 Å². The Morgan fingerprint density at radius 3 is 2.92 bits per heavy atom. The number of aromatic amines is 1. The van der Waals surface area contributed by atoms with Gasteiger partial charge < -0.3 is 14.6 Å². The number of nitrogens with one attached hydrogen (secondary N) is 1. The molecule has 1 amide bonds. The summed E-state index contributed by atoms with van der Waals surface area (Å²) in [6.07, 6.45) is 2.31. The number of carbonyl (C=O) groups is 3. The molecule has 2 fully saturated rings. The molecule has 0 radical (unpaired) electrons. The Morgan fingerprint density at radius 1 is 1.38 bits per heavy atom. The van der Waals surface area contributed by atoms with E-state index < -0.39 is 23.7 Å². The Balaban J connectivity index is 1.81. The summed E-state index contributed by atoms with van der Waals surface area (Å²) >= 11 is 0. The van der Waals surface area contributed by atoms with E-state index in [2.05, 4.69) is 9.97 Å². The van der Waals surface area contributed by atoms with E-state index in [4.69, 9.17) is 4.74 Å². The Hall–Kier alpha value is -2.54. The van der Waals surface area contributed by atoms with Crippen LogP contribution in [0.1, 0.15) is 13.3 Å². The van der Waals surface area contributed by atoms with Crippen LogP contribution in [0.3, 0.4) is 0 Å². The number of aromatic nitrogens is 2. The molecule has 2 aliphatic rings. The summed E-state index contributed by atoms with van der Waals surface area (Å²) in [6, 6.07) is 4.87. The zero-order chi connectivity index (χ0) is 16.8. The first kappa shape index (κ1) is 15.0. The SMILES string of the molecule is CC(=O)C1C(=O)C(=O)N(c2ccc3nc[nH]c3c2)C1C1CCOC1. The van der Waals surface area contributed by atoms with Crippen LogP contribution in [0.15, 0.2) is 24.5 Å². The van der Waals surface area contributed by atoms with Gasteiger partial charge in [0.15, 0.2) is 0 Å². The van der Waals surface area contributed by atoms with Crippen molar-refractivity contribution in [2.75, 3.05) is 18.1 Å². The average Bonchev–Trinajstić information content (AvgIpc) is 3.27. The molecule has 1 aromatic heterocycles. The Bertz CT molecular complexity index is 837. The van der Waals surface area contributed by atoms with Crippen LogP contribution in [0.2, 0.25) is 0 Å². The molecule has 1 N–H and O–H groups in total. The summed E-state index contributed by atoms with van der Waals surface area (Å²) < 4.78 is 5.43. The minimum absolute atomic E-state index is 0.0215. The summed E-state index contributed by atoms with van der Waals surface area (Å²) in [5, 5.41) is 0. The summed E-state index contributed by atoms with van der Waals surface area (Å²) in [4.78, 5) is 45.8. The number of hydrogen-bond acceptors (Lipinski definition) is 5. The summed E-state index contributed by atoms with van der Waals surface area (Å²) in [5.74, 6) is -2.45. The molecule has 7 nitrogen and oxygen atoms in total. The number of anilines is 1. The van der Waals surface area contributed by atoms with Crippen molar-refractivity contribution in [2.24, 2.45) is 11.8 Å². The quantitative estimate of drug-likeness (QED) is 0.673. The van der Waals surface area contributed by atoms with Gasteiger partial charge in [-0.15, -0.1) is 0 Å². The molecule has 7 heteroatoms. The van der Waals surface area contributed by atoms with Gasteiger partial charge in [0.05, 0.1) is 30.0 Å². The lowest BCUT2D eigenvalue weighted by atomic mass is 9.85. The smallest absolute Gasteiger partial charge is 0.295 e. The van der Waals surface area contributed by atoms with E-state index in [0.29, 0.717) is 18.9 Å². The number of hydrogen-bond donors (Lipinski definition) is 1. The fourth-order valence-electron chi connectivity index (χ4n) is 3.78. The molecule has 124 valence electrons. The van der Waals surface area contributed by atoms with Crippen molar-refractivity contribution in [2.45, 2.75) is 19.4 Å². The second kappa shape index (κ2) is 5.52. The molecule has 3 unspecified atom stereocenters. The lowest BCUT2D eigenvalue weighted by Crippen LogP contribution is -2.43. The van der Waals surface area contributed by atoms with Gasteiger partial charge in [0.1, 0.15) is 11.7 Å². The van der Waals surface area contributed by atoms with Crippen LogP contribution in [0.4, 0.5) is 5.69 Å². The Kier molecular flexibility index (Phi) is 3.45. The summed E-state index contributed by atoms with van der Waals surface area (Å²) in [6.45, 7) is 2.42. The van der Waals surface area contributed by atoms with Crippen molar-refractivity contribution in [1.82, 2.24) is 9.97 Å². The van der Waals surface area contributed by atoms with Gasteiger partial charge in [0, 0.05) is 18.2 Å². The number of carbonyl (C=O) groups excluding carboxylic acids is 3. The van der Waals surface area contributed by atoms with Crippen LogP contribution >= 0.6 is 0 Å². The minimum Gasteiger partial charge on any atom is -0.381 e. The maximum atomic E-state index is 12.6. The van der Waals surface area contributed by atoms with E-state index in [0.717, 1.165) is 17.5 Å². The minimum atomic E-state index is -0.915. The maximum Gasteiger partial charge on any atom is 0.295 e. The predicted molar refractivity (Wildman–Crippen MR) is 85.5 cm³/mol. The van der Waals surface area contributed by atoms with Crippen molar-refractivity contribution in [3.05, 3.63) is 24.5 Å². The fraction of sp³-hybridized carbons (Fsp3) is 0.412. The van der Waals surface area contributed by atoms with Crippen LogP contribution in [-0.2, 0) is 19.1 Å². The second-order valence-electron chi connectivity index (χ2n) is 6.35. The monoisotopic (exact) mass is 327 g/mol. The Labute approximate surface area is 138 Å². The fourth-order valence-corrected chi connectivity index (χ4v) is 3.78. The van der Waals surface area contributed by atoms with E-state index in [1.165, 1.54) is 11.8 Å². The number of benzene rings is 1. The van der Waals surface area contributed by atoms with Gasteiger partial charge in [0.2, 0.25) is 5.78 Å². The zero-order valence-electron chi connectivity index (χ0n) is 13.2. The summed E-state index contributed by atoms with van der Waals surface area (Å²) in [5.41, 5.74) is 2.16. The topological polar surface area (TPSA) is 92.4 Å². The predicted octanol–water partition coefficient (Wildman–Crippen LogP) is 1.09. The van der Waals surface area contributed by atoms with E-state index in [-0.39, 0.29) is 11.7 Å². The third kappa shape index (κ3) is 2.16. The van der Waals surface area contributed by atoms with Crippen LogP contribution < -0.4 is 4.90 Å². The van der Waals surface area contributed by atoms with E-state index >= 15 is 0 Å². The van der Waals surface area contributed by atoms with Crippen molar-refractivity contribution in [3.8, 4) is 0 Å². The number of nitrogens with zero attached hydrogens (tertiary/aromatic N) is 2. The molecule has 3 atom stereocenters. The first-order valence-corrected chi connectivity index (χ1v) is 7.96. The number of rotatable bonds is 3. The maximum absolute atomic E-state index is 12.6. The number of H-pyrrole nitrogens is 1. The molecule has 2 aliphatic heterocycles. The third-order valence-electron chi connectivity index (χ3n) is 4.92. The first-order valence-electron chi connectivity index (χ1n) is 7.96. The molecule has 1 aromatic carbocycles.